The van der Waals surface area contributed by atoms with Crippen LogP contribution >= 0.6 is 0 Å². The normalized spacial score (nSPS) is 17.8. The molecule has 0 saturated heterocycles. The van der Waals surface area contributed by atoms with E-state index in [9.17, 15) is 5.26 Å². The van der Waals surface area contributed by atoms with Crippen molar-refractivity contribution < 1.29 is 0 Å². The smallest absolute Gasteiger partial charge is 0.0887 e. The molecule has 0 saturated carbocycles. The van der Waals surface area contributed by atoms with Crippen molar-refractivity contribution in [2.24, 2.45) is 0 Å². The van der Waals surface area contributed by atoms with Crippen LogP contribution in [0, 0.1) is 11.3 Å². The van der Waals surface area contributed by atoms with Crippen molar-refractivity contribution >= 4 is 0 Å². The van der Waals surface area contributed by atoms with Gasteiger partial charge in [-0.15, -0.1) is 0 Å². The van der Waals surface area contributed by atoms with Gasteiger partial charge in [0.2, 0.25) is 0 Å². The molecule has 0 fully saturated rings. The average Bonchev–Trinajstić information content (AvgIpc) is 2.47. The van der Waals surface area contributed by atoms with Crippen LogP contribution < -0.4 is 0 Å². The molecule has 88 valence electrons. The van der Waals surface area contributed by atoms with Gasteiger partial charge in [-0.3, -0.25) is 4.98 Å². The van der Waals surface area contributed by atoms with Gasteiger partial charge in [0.05, 0.1) is 23.4 Å². The van der Waals surface area contributed by atoms with E-state index in [-0.39, 0.29) is 5.92 Å². The number of aromatic nitrogens is 1. The van der Waals surface area contributed by atoms with E-state index in [0.29, 0.717) is 0 Å². The van der Waals surface area contributed by atoms with Crippen molar-refractivity contribution in [3.8, 4) is 17.3 Å². The fourth-order valence-electron chi connectivity index (χ4n) is 2.55. The summed E-state index contributed by atoms with van der Waals surface area (Å²) in [7, 11) is 0. The minimum absolute atomic E-state index is 0.0302. The molecule has 2 aromatic rings. The molecule has 0 bridgehead atoms. The number of aryl methyl sites for hydroxylation is 1. The second kappa shape index (κ2) is 4.62. The molecule has 0 aliphatic heterocycles. The Bertz CT molecular complexity index is 596. The molecule has 1 aromatic carbocycles. The molecule has 0 radical (unpaired) electrons. The van der Waals surface area contributed by atoms with Crippen molar-refractivity contribution in [1.82, 2.24) is 4.98 Å². The lowest BCUT2D eigenvalue weighted by atomic mass is 9.87. The number of nitriles is 1. The fraction of sp³-hybridized carbons (Fsp3) is 0.250. The SMILES string of the molecule is N#C[C@@H]1CCCc2ccc(-c3ccccc3)nc21. The van der Waals surface area contributed by atoms with Crippen LogP contribution in [-0.2, 0) is 6.42 Å². The zero-order chi connectivity index (χ0) is 12.4. The Morgan fingerprint density at radius 3 is 2.72 bits per heavy atom. The maximum absolute atomic E-state index is 9.21. The zero-order valence-electron chi connectivity index (χ0n) is 10.1. The third-order valence-corrected chi connectivity index (χ3v) is 3.51. The number of pyridine rings is 1. The Hall–Kier alpha value is -2.14. The lowest BCUT2D eigenvalue weighted by molar-refractivity contribution is 0.620. The lowest BCUT2D eigenvalue weighted by Gasteiger charge is -2.19. The highest BCUT2D eigenvalue weighted by Gasteiger charge is 2.21. The second-order valence-electron chi connectivity index (χ2n) is 4.68. The molecule has 0 spiro atoms. The molecule has 0 amide bonds. The van der Waals surface area contributed by atoms with E-state index in [4.69, 9.17) is 4.98 Å². The van der Waals surface area contributed by atoms with E-state index in [1.165, 1.54) is 5.56 Å². The van der Waals surface area contributed by atoms with Crippen molar-refractivity contribution in [1.29, 1.82) is 5.26 Å². The van der Waals surface area contributed by atoms with E-state index < -0.39 is 0 Å². The van der Waals surface area contributed by atoms with Gasteiger partial charge in [0.15, 0.2) is 0 Å². The summed E-state index contributed by atoms with van der Waals surface area (Å²) in [6.07, 6.45) is 3.09. The molecule has 1 atom stereocenters. The molecule has 0 unspecified atom stereocenters. The molecular weight excluding hydrogens is 220 g/mol. The predicted octanol–water partition coefficient (Wildman–Crippen LogP) is 3.69. The first-order chi connectivity index (χ1) is 8.88. The van der Waals surface area contributed by atoms with Crippen LogP contribution in [0.15, 0.2) is 42.5 Å². The van der Waals surface area contributed by atoms with Crippen LogP contribution in [0.4, 0.5) is 0 Å². The Balaban J connectivity index is 2.08. The second-order valence-corrected chi connectivity index (χ2v) is 4.68. The Morgan fingerprint density at radius 1 is 1.11 bits per heavy atom. The largest absolute Gasteiger partial charge is 0.251 e. The number of nitrogens with zero attached hydrogens (tertiary/aromatic N) is 2. The van der Waals surface area contributed by atoms with Crippen LogP contribution in [0.25, 0.3) is 11.3 Å². The first-order valence-electron chi connectivity index (χ1n) is 6.33. The van der Waals surface area contributed by atoms with Crippen LogP contribution in [0.1, 0.15) is 30.0 Å². The number of hydrogen-bond donors (Lipinski definition) is 0. The first kappa shape index (κ1) is 11.0. The van der Waals surface area contributed by atoms with E-state index in [1.54, 1.807) is 0 Å². The van der Waals surface area contributed by atoms with Crippen LogP contribution in [0.5, 0.6) is 0 Å². The van der Waals surface area contributed by atoms with Crippen molar-refractivity contribution in [3.63, 3.8) is 0 Å². The highest BCUT2D eigenvalue weighted by Crippen LogP contribution is 2.31. The Kier molecular flexibility index (Phi) is 2.82. The van der Waals surface area contributed by atoms with E-state index in [0.717, 1.165) is 36.2 Å². The highest BCUT2D eigenvalue weighted by atomic mass is 14.7. The molecule has 1 heterocycles. The number of hydrogen-bond acceptors (Lipinski definition) is 2. The van der Waals surface area contributed by atoms with Crippen LogP contribution in [0.2, 0.25) is 0 Å². The van der Waals surface area contributed by atoms with E-state index in [1.807, 2.05) is 18.2 Å². The number of rotatable bonds is 1. The van der Waals surface area contributed by atoms with E-state index >= 15 is 0 Å². The van der Waals surface area contributed by atoms with Gasteiger partial charge in [-0.2, -0.15) is 5.26 Å². The molecule has 1 aliphatic rings. The molecule has 2 nitrogen and oxygen atoms in total. The minimum Gasteiger partial charge on any atom is -0.251 e. The Morgan fingerprint density at radius 2 is 1.94 bits per heavy atom. The van der Waals surface area contributed by atoms with Gasteiger partial charge < -0.3 is 0 Å². The van der Waals surface area contributed by atoms with Gasteiger partial charge >= 0.3 is 0 Å². The molecule has 0 N–H and O–H groups in total. The van der Waals surface area contributed by atoms with E-state index in [2.05, 4.69) is 30.3 Å². The third kappa shape index (κ3) is 1.89. The quantitative estimate of drug-likeness (QED) is 0.754. The minimum atomic E-state index is -0.0302. The molecule has 18 heavy (non-hydrogen) atoms. The highest BCUT2D eigenvalue weighted by molar-refractivity contribution is 5.59. The number of fused-ring (bicyclic) bond motifs is 1. The van der Waals surface area contributed by atoms with Gasteiger partial charge in [-0.05, 0) is 30.9 Å². The standard InChI is InChI=1S/C16H14N2/c17-11-14-8-4-7-13-9-10-15(18-16(13)14)12-5-2-1-3-6-12/h1-3,5-6,9-10,14H,4,7-8H2/t14-/m0/s1. The van der Waals surface area contributed by atoms with Gasteiger partial charge in [0, 0.05) is 5.56 Å². The predicted molar refractivity (Wildman–Crippen MR) is 71.0 cm³/mol. The topological polar surface area (TPSA) is 36.7 Å². The van der Waals surface area contributed by atoms with Gasteiger partial charge in [-0.25, -0.2) is 0 Å². The average molecular weight is 234 g/mol. The van der Waals surface area contributed by atoms with Crippen molar-refractivity contribution in [2.75, 3.05) is 0 Å². The molecule has 1 aliphatic carbocycles. The van der Waals surface area contributed by atoms with Gasteiger partial charge in [0.25, 0.3) is 0 Å². The summed E-state index contributed by atoms with van der Waals surface area (Å²) >= 11 is 0. The summed E-state index contributed by atoms with van der Waals surface area (Å²) in [5, 5.41) is 9.21. The number of benzene rings is 1. The summed E-state index contributed by atoms with van der Waals surface area (Å²) in [5.74, 6) is -0.0302. The molecular formula is C16H14N2. The summed E-state index contributed by atoms with van der Waals surface area (Å²) in [6, 6.07) is 16.7. The maximum atomic E-state index is 9.21. The molecule has 1 aromatic heterocycles. The summed E-state index contributed by atoms with van der Waals surface area (Å²) in [5.41, 5.74) is 4.32. The fourth-order valence-corrected chi connectivity index (χ4v) is 2.55. The van der Waals surface area contributed by atoms with Crippen molar-refractivity contribution in [3.05, 3.63) is 53.7 Å². The Labute approximate surface area is 107 Å². The third-order valence-electron chi connectivity index (χ3n) is 3.51. The monoisotopic (exact) mass is 234 g/mol. The summed E-state index contributed by atoms with van der Waals surface area (Å²) < 4.78 is 0. The zero-order valence-corrected chi connectivity index (χ0v) is 10.1. The summed E-state index contributed by atoms with van der Waals surface area (Å²) in [4.78, 5) is 4.71. The van der Waals surface area contributed by atoms with Crippen LogP contribution in [-0.4, -0.2) is 4.98 Å². The maximum Gasteiger partial charge on any atom is 0.0887 e. The van der Waals surface area contributed by atoms with Gasteiger partial charge in [-0.1, -0.05) is 36.4 Å². The van der Waals surface area contributed by atoms with Crippen molar-refractivity contribution in [2.45, 2.75) is 25.2 Å². The first-order valence-corrected chi connectivity index (χ1v) is 6.33. The molecule has 2 heteroatoms. The van der Waals surface area contributed by atoms with Crippen LogP contribution in [0.3, 0.4) is 0 Å². The summed E-state index contributed by atoms with van der Waals surface area (Å²) in [6.45, 7) is 0. The lowest BCUT2D eigenvalue weighted by Crippen LogP contribution is -2.10. The van der Waals surface area contributed by atoms with Gasteiger partial charge in [0.1, 0.15) is 0 Å². The molecule has 3 rings (SSSR count).